The van der Waals surface area contributed by atoms with E-state index in [2.05, 4.69) is 414 Å². The highest BCUT2D eigenvalue weighted by atomic mass is 15.2. The predicted molar refractivity (Wildman–Crippen MR) is 479 cm³/mol. The van der Waals surface area contributed by atoms with Crippen molar-refractivity contribution in [2.24, 2.45) is 0 Å². The van der Waals surface area contributed by atoms with Gasteiger partial charge < -0.3 is 18.9 Å². The lowest BCUT2D eigenvalue weighted by molar-refractivity contribution is 0.590. The largest absolute Gasteiger partial charge is 0.310 e. The first-order valence-electron chi connectivity index (χ1n) is 39.9. The Morgan fingerprint density at radius 3 is 0.946 bits per heavy atom. The van der Waals surface area contributed by atoms with Crippen molar-refractivity contribution in [2.45, 2.75) is 131 Å². The second-order valence-corrected chi connectivity index (χ2v) is 36.9. The second-order valence-electron chi connectivity index (χ2n) is 36.9. The summed E-state index contributed by atoms with van der Waals surface area (Å²) in [5.41, 5.74) is 32.5. The Kier molecular flexibility index (Phi) is 15.0. The zero-order valence-corrected chi connectivity index (χ0v) is 66.6. The lowest BCUT2D eigenvalue weighted by atomic mass is 9.33. The van der Waals surface area contributed by atoms with Crippen LogP contribution in [0, 0.1) is 0 Å². The van der Waals surface area contributed by atoms with E-state index >= 15 is 0 Å². The van der Waals surface area contributed by atoms with Gasteiger partial charge in [-0.15, -0.1) is 0 Å². The molecule has 111 heavy (non-hydrogen) atoms. The third kappa shape index (κ3) is 10.6. The van der Waals surface area contributed by atoms with Gasteiger partial charge in [-0.25, -0.2) is 0 Å². The minimum atomic E-state index is -0.349. The maximum atomic E-state index is 2.78. The monoisotopic (exact) mass is 1430 g/mol. The van der Waals surface area contributed by atoms with E-state index in [1.54, 1.807) is 0 Å². The van der Waals surface area contributed by atoms with Gasteiger partial charge >= 0.3 is 0 Å². The van der Waals surface area contributed by atoms with Crippen molar-refractivity contribution >= 4 is 133 Å². The molecule has 2 aromatic heterocycles. The molecular weight excluding hydrogens is 1340 g/mol. The van der Waals surface area contributed by atoms with E-state index in [0.29, 0.717) is 0 Å². The smallest absolute Gasteiger partial charge is 0.252 e. The average Bonchev–Trinajstić information content (AvgIpc) is 1.56. The van der Waals surface area contributed by atoms with Crippen LogP contribution in [0.15, 0.2) is 291 Å². The molecule has 0 aliphatic carbocycles. The van der Waals surface area contributed by atoms with Crippen LogP contribution in [0.3, 0.4) is 0 Å². The first kappa shape index (κ1) is 68.4. The van der Waals surface area contributed by atoms with Crippen molar-refractivity contribution < 1.29 is 0 Å². The molecule has 0 amide bonds. The molecule has 540 valence electrons. The van der Waals surface area contributed by atoms with Gasteiger partial charge in [0.25, 0.3) is 6.71 Å². The Hall–Kier alpha value is -11.9. The molecule has 2 aliphatic rings. The summed E-state index contributed by atoms with van der Waals surface area (Å²) < 4.78 is 5.13. The molecule has 0 radical (unpaired) electrons. The molecule has 4 heterocycles. The van der Waals surface area contributed by atoms with Gasteiger partial charge in [0.2, 0.25) is 0 Å². The maximum absolute atomic E-state index is 2.78. The van der Waals surface area contributed by atoms with Crippen LogP contribution >= 0.6 is 0 Å². The Labute approximate surface area is 653 Å². The summed E-state index contributed by atoms with van der Waals surface area (Å²) in [6.45, 7) is 35.2. The van der Waals surface area contributed by atoms with Crippen molar-refractivity contribution in [3.8, 4) is 55.9 Å². The number of fused-ring (bicyclic) bond motifs is 8. The lowest BCUT2D eigenvalue weighted by Gasteiger charge is -2.47. The van der Waals surface area contributed by atoms with Crippen molar-refractivity contribution in [3.05, 3.63) is 319 Å². The van der Waals surface area contributed by atoms with Crippen LogP contribution in [-0.4, -0.2) is 15.8 Å². The van der Waals surface area contributed by atoms with Crippen LogP contribution in [0.2, 0.25) is 0 Å². The number of hydrogen-bond acceptors (Lipinski definition) is 2. The lowest BCUT2D eigenvalue weighted by Crippen LogP contribution is -2.61. The normalized spacial score (nSPS) is 13.5. The third-order valence-corrected chi connectivity index (χ3v) is 24.8. The number of nitrogens with zero attached hydrogens (tertiary/aromatic N) is 4. The Balaban J connectivity index is 0.974. The molecule has 0 unspecified atom stereocenters. The van der Waals surface area contributed by atoms with Crippen molar-refractivity contribution in [2.75, 3.05) is 9.80 Å². The fourth-order valence-corrected chi connectivity index (χ4v) is 18.9. The maximum Gasteiger partial charge on any atom is 0.252 e. The fourth-order valence-electron chi connectivity index (χ4n) is 18.9. The van der Waals surface area contributed by atoms with Crippen molar-refractivity contribution in [3.63, 3.8) is 0 Å². The Morgan fingerprint density at radius 2 is 0.568 bits per heavy atom. The number of benzene rings is 16. The Morgan fingerprint density at radius 1 is 0.234 bits per heavy atom. The van der Waals surface area contributed by atoms with Crippen LogP contribution in [0.5, 0.6) is 0 Å². The second kappa shape index (κ2) is 24.3. The molecule has 20 rings (SSSR count). The number of rotatable bonds is 8. The molecule has 2 aliphatic heterocycles. The van der Waals surface area contributed by atoms with E-state index in [1.807, 2.05) is 0 Å². The molecule has 0 fully saturated rings. The van der Waals surface area contributed by atoms with Crippen LogP contribution in [-0.2, 0) is 27.1 Å². The molecule has 4 nitrogen and oxygen atoms in total. The van der Waals surface area contributed by atoms with E-state index in [9.17, 15) is 0 Å². The average molecular weight is 1430 g/mol. The summed E-state index contributed by atoms with van der Waals surface area (Å²) >= 11 is 0. The van der Waals surface area contributed by atoms with Gasteiger partial charge in [-0.1, -0.05) is 310 Å². The fraction of sp³-hybridized carbons (Fsp3) is 0.189. The predicted octanol–water partition coefficient (Wildman–Crippen LogP) is 27.5. The minimum Gasteiger partial charge on any atom is -0.310 e. The van der Waals surface area contributed by atoms with Gasteiger partial charge in [-0.05, 0) is 211 Å². The standard InChI is InChI=1S/C106H93BN4/c1-102(2,3)70-46-40-66(41-47-70)83-58-72(104(7,8)9)56-81(64-28-18-16-19-29-64)100(83)110-91-62-75(108-87-38-24-22-34-77(87)78-35-23-25-39-88(78)108)50-52-85(91)107-86-53-51-76(109-89-54-44-68-32-26-36-79-80-37-27-33-69-45-55-90(109)98(96(69)80)97(89)95(68)79)63-92(86)111(94-61-74(106(13,14)15)60-93(110)99(94)107)101-82(65-30-20-17-21-31-65)57-73(105(10,11)12)59-84(101)67-42-48-71(49-43-67)103(4,5)6/h16-63H,1-15H3. The van der Waals surface area contributed by atoms with Crippen LogP contribution in [0.1, 0.15) is 132 Å². The van der Waals surface area contributed by atoms with Gasteiger partial charge in [0.05, 0.1) is 33.4 Å². The summed E-state index contributed by atoms with van der Waals surface area (Å²) in [7, 11) is 0. The number of hydrogen-bond donors (Lipinski definition) is 0. The zero-order valence-electron chi connectivity index (χ0n) is 66.6. The minimum absolute atomic E-state index is 0.0542. The molecule has 0 atom stereocenters. The van der Waals surface area contributed by atoms with Crippen LogP contribution < -0.4 is 26.2 Å². The topological polar surface area (TPSA) is 16.3 Å². The SMILES string of the molecule is CC(C)(C)c1ccc(-c2cc(C(C)(C)C)cc(-c3ccccc3)c2N2c3cc(-n4c5ccccc5c5ccccc54)ccc3B3c4ccc(-n5c6ccc7cccc8c9cccc%10ccc5c(c%109)c6c78)cc4N(c4c(-c5ccccc5)cc(C(C)(C)C)cc4-c4ccc(C(C)(C)C)cc4)c4cc(C(C)(C)C)cc2c43)cc1. The highest BCUT2D eigenvalue weighted by molar-refractivity contribution is 7.00. The van der Waals surface area contributed by atoms with E-state index in [-0.39, 0.29) is 33.8 Å². The molecule has 0 bridgehead atoms. The Bertz CT molecular complexity index is 6660. The molecular formula is C106H93BN4. The van der Waals surface area contributed by atoms with Crippen molar-refractivity contribution in [1.82, 2.24) is 9.13 Å². The number of para-hydroxylation sites is 2. The van der Waals surface area contributed by atoms with E-state index in [0.717, 1.165) is 56.6 Å². The third-order valence-electron chi connectivity index (χ3n) is 24.8. The van der Waals surface area contributed by atoms with Gasteiger partial charge in [0.1, 0.15) is 0 Å². The molecule has 16 aromatic carbocycles. The molecule has 0 saturated carbocycles. The number of anilines is 6. The molecule has 18 aromatic rings. The van der Waals surface area contributed by atoms with E-state index in [1.165, 1.54) is 154 Å². The van der Waals surface area contributed by atoms with Gasteiger partial charge in [0.15, 0.2) is 0 Å². The van der Waals surface area contributed by atoms with Crippen LogP contribution in [0.4, 0.5) is 34.1 Å². The summed E-state index contributed by atoms with van der Waals surface area (Å²) in [5.74, 6) is 0. The molecule has 0 saturated heterocycles. The van der Waals surface area contributed by atoms with E-state index < -0.39 is 0 Å². The molecule has 0 N–H and O–H groups in total. The quantitative estimate of drug-likeness (QED) is 0.0856. The van der Waals surface area contributed by atoms with Gasteiger partial charge in [0, 0.05) is 77.9 Å². The highest BCUT2D eigenvalue weighted by Crippen LogP contribution is 2.57. The first-order valence-corrected chi connectivity index (χ1v) is 39.9. The van der Waals surface area contributed by atoms with Crippen LogP contribution in [0.25, 0.3) is 132 Å². The zero-order chi connectivity index (χ0) is 76.3. The first-order chi connectivity index (χ1) is 53.2. The summed E-state index contributed by atoms with van der Waals surface area (Å²) in [6.07, 6.45) is 0. The van der Waals surface area contributed by atoms with Gasteiger partial charge in [-0.2, -0.15) is 0 Å². The van der Waals surface area contributed by atoms with Gasteiger partial charge in [-0.3, -0.25) is 0 Å². The molecule has 5 heteroatoms. The summed E-state index contributed by atoms with van der Waals surface area (Å²) in [6, 6.07) is 114. The number of aromatic nitrogens is 2. The summed E-state index contributed by atoms with van der Waals surface area (Å²) in [4.78, 5) is 5.54. The van der Waals surface area contributed by atoms with Crippen molar-refractivity contribution in [1.29, 1.82) is 0 Å². The highest BCUT2D eigenvalue weighted by Gasteiger charge is 2.47. The molecule has 0 spiro atoms. The van der Waals surface area contributed by atoms with E-state index in [4.69, 9.17) is 0 Å². The summed E-state index contributed by atoms with van der Waals surface area (Å²) in [5, 5.41) is 12.9.